The van der Waals surface area contributed by atoms with E-state index < -0.39 is 0 Å². The Bertz CT molecular complexity index is 377. The van der Waals surface area contributed by atoms with Gasteiger partial charge in [-0.3, -0.25) is 0 Å². The van der Waals surface area contributed by atoms with Gasteiger partial charge in [0.25, 0.3) is 0 Å². The first kappa shape index (κ1) is 14.5. The zero-order chi connectivity index (χ0) is 13.7. The number of hydrogen-bond donors (Lipinski definition) is 1. The predicted octanol–water partition coefficient (Wildman–Crippen LogP) is 3.42. The van der Waals surface area contributed by atoms with E-state index in [1.807, 2.05) is 0 Å². The van der Waals surface area contributed by atoms with Crippen LogP contribution in [0, 0.1) is 5.92 Å². The minimum atomic E-state index is 0.146. The van der Waals surface area contributed by atoms with Gasteiger partial charge >= 0.3 is 0 Å². The van der Waals surface area contributed by atoms with Crippen LogP contribution in [0.1, 0.15) is 76.4 Å². The van der Waals surface area contributed by atoms with Gasteiger partial charge in [-0.15, -0.1) is 0 Å². The SMILES string of the molecule is CCCC(N)Cc1nc(C2CCCC(CC)C2)no1. The fraction of sp³-hybridized carbons (Fsp3) is 0.867. The van der Waals surface area contributed by atoms with Crippen LogP contribution in [-0.4, -0.2) is 16.2 Å². The van der Waals surface area contributed by atoms with Crippen LogP contribution in [0.3, 0.4) is 0 Å². The summed E-state index contributed by atoms with van der Waals surface area (Å²) in [6, 6.07) is 0.146. The second kappa shape index (κ2) is 7.04. The number of aromatic nitrogens is 2. The molecule has 0 aliphatic heterocycles. The lowest BCUT2D eigenvalue weighted by atomic mass is 9.80. The van der Waals surface area contributed by atoms with E-state index in [2.05, 4.69) is 24.0 Å². The minimum absolute atomic E-state index is 0.146. The third-order valence-corrected chi connectivity index (χ3v) is 4.31. The Morgan fingerprint density at radius 1 is 1.37 bits per heavy atom. The zero-order valence-electron chi connectivity index (χ0n) is 12.3. The Balaban J connectivity index is 1.92. The first-order chi connectivity index (χ1) is 9.22. The van der Waals surface area contributed by atoms with Crippen molar-refractivity contribution < 1.29 is 4.52 Å². The van der Waals surface area contributed by atoms with E-state index >= 15 is 0 Å². The zero-order valence-corrected chi connectivity index (χ0v) is 12.3. The summed E-state index contributed by atoms with van der Waals surface area (Å²) < 4.78 is 5.36. The van der Waals surface area contributed by atoms with Crippen LogP contribution < -0.4 is 5.73 Å². The smallest absolute Gasteiger partial charge is 0.228 e. The second-order valence-corrected chi connectivity index (χ2v) is 5.94. The molecule has 3 unspecified atom stereocenters. The lowest BCUT2D eigenvalue weighted by Crippen LogP contribution is -2.22. The fourth-order valence-electron chi connectivity index (χ4n) is 3.11. The van der Waals surface area contributed by atoms with Crippen LogP contribution >= 0.6 is 0 Å². The summed E-state index contributed by atoms with van der Waals surface area (Å²) in [6.45, 7) is 4.42. The van der Waals surface area contributed by atoms with Crippen molar-refractivity contribution in [2.45, 2.75) is 77.2 Å². The Hall–Kier alpha value is -0.900. The van der Waals surface area contributed by atoms with Crippen LogP contribution in [0.5, 0.6) is 0 Å². The van der Waals surface area contributed by atoms with E-state index in [-0.39, 0.29) is 6.04 Å². The van der Waals surface area contributed by atoms with Gasteiger partial charge in [-0.2, -0.15) is 4.98 Å². The lowest BCUT2D eigenvalue weighted by Gasteiger charge is -2.26. The van der Waals surface area contributed by atoms with Crippen LogP contribution in [0.15, 0.2) is 4.52 Å². The molecule has 4 heteroatoms. The van der Waals surface area contributed by atoms with E-state index in [4.69, 9.17) is 10.3 Å². The predicted molar refractivity (Wildman–Crippen MR) is 75.9 cm³/mol. The van der Waals surface area contributed by atoms with Crippen molar-refractivity contribution in [3.63, 3.8) is 0 Å². The van der Waals surface area contributed by atoms with Crippen molar-refractivity contribution in [1.82, 2.24) is 10.1 Å². The molecule has 0 amide bonds. The normalized spacial score (nSPS) is 25.4. The third-order valence-electron chi connectivity index (χ3n) is 4.31. The van der Waals surface area contributed by atoms with Gasteiger partial charge in [-0.25, -0.2) is 0 Å². The average molecular weight is 265 g/mol. The van der Waals surface area contributed by atoms with Gasteiger partial charge in [0.1, 0.15) is 0 Å². The largest absolute Gasteiger partial charge is 0.339 e. The summed E-state index contributed by atoms with van der Waals surface area (Å²) in [5, 5.41) is 4.18. The molecule has 1 aromatic heterocycles. The van der Waals surface area contributed by atoms with E-state index in [9.17, 15) is 0 Å². The molecule has 0 spiro atoms. The van der Waals surface area contributed by atoms with Gasteiger partial charge in [0.05, 0.1) is 0 Å². The van der Waals surface area contributed by atoms with Crippen LogP contribution in [0.2, 0.25) is 0 Å². The summed E-state index contributed by atoms with van der Waals surface area (Å²) in [7, 11) is 0. The Labute approximate surface area is 116 Å². The maximum atomic E-state index is 6.02. The monoisotopic (exact) mass is 265 g/mol. The second-order valence-electron chi connectivity index (χ2n) is 5.94. The molecule has 0 radical (unpaired) electrons. The highest BCUT2D eigenvalue weighted by Gasteiger charge is 2.26. The highest BCUT2D eigenvalue weighted by atomic mass is 16.5. The third kappa shape index (κ3) is 4.03. The van der Waals surface area contributed by atoms with Crippen LogP contribution in [0.25, 0.3) is 0 Å². The summed E-state index contributed by atoms with van der Waals surface area (Å²) in [6.07, 6.45) is 9.17. The van der Waals surface area contributed by atoms with Crippen LogP contribution in [0.4, 0.5) is 0 Å². The molecule has 3 atom stereocenters. The molecule has 2 N–H and O–H groups in total. The Kier molecular flexibility index (Phi) is 5.37. The molecule has 4 nitrogen and oxygen atoms in total. The molecule has 1 aliphatic rings. The quantitative estimate of drug-likeness (QED) is 0.856. The number of nitrogens with two attached hydrogens (primary N) is 1. The molecule has 0 saturated heterocycles. The standard InChI is InChI=1S/C15H27N3O/c1-3-6-13(16)10-14-17-15(18-19-14)12-8-5-7-11(4-2)9-12/h11-13H,3-10,16H2,1-2H3. The topological polar surface area (TPSA) is 64.9 Å². The molecule has 1 saturated carbocycles. The summed E-state index contributed by atoms with van der Waals surface area (Å²) in [5.41, 5.74) is 6.02. The molecule has 108 valence electrons. The van der Waals surface area contributed by atoms with Crippen molar-refractivity contribution in [2.75, 3.05) is 0 Å². The molecular formula is C15H27N3O. The molecule has 19 heavy (non-hydrogen) atoms. The van der Waals surface area contributed by atoms with Gasteiger partial charge in [0, 0.05) is 18.4 Å². The van der Waals surface area contributed by atoms with Gasteiger partial charge in [0.2, 0.25) is 5.89 Å². The molecule has 1 fully saturated rings. The average Bonchev–Trinajstić information content (AvgIpc) is 2.87. The fourth-order valence-corrected chi connectivity index (χ4v) is 3.11. The Morgan fingerprint density at radius 2 is 2.21 bits per heavy atom. The van der Waals surface area contributed by atoms with Gasteiger partial charge in [0.15, 0.2) is 5.82 Å². The molecule has 0 aromatic carbocycles. The first-order valence-corrected chi connectivity index (χ1v) is 7.81. The molecule has 1 aliphatic carbocycles. The van der Waals surface area contributed by atoms with E-state index in [0.29, 0.717) is 12.3 Å². The van der Waals surface area contributed by atoms with Gasteiger partial charge in [-0.05, 0) is 25.2 Å². The minimum Gasteiger partial charge on any atom is -0.339 e. The number of nitrogens with zero attached hydrogens (tertiary/aromatic N) is 2. The van der Waals surface area contributed by atoms with Crippen molar-refractivity contribution in [3.8, 4) is 0 Å². The molecule has 1 heterocycles. The number of hydrogen-bond acceptors (Lipinski definition) is 4. The van der Waals surface area contributed by atoms with Crippen LogP contribution in [-0.2, 0) is 6.42 Å². The molecule has 2 rings (SSSR count). The maximum Gasteiger partial charge on any atom is 0.228 e. The van der Waals surface area contributed by atoms with Crippen molar-refractivity contribution in [2.24, 2.45) is 11.7 Å². The van der Waals surface area contributed by atoms with Crippen molar-refractivity contribution in [1.29, 1.82) is 0 Å². The maximum absolute atomic E-state index is 6.02. The van der Waals surface area contributed by atoms with Gasteiger partial charge in [-0.1, -0.05) is 44.7 Å². The van der Waals surface area contributed by atoms with Crippen molar-refractivity contribution >= 4 is 0 Å². The highest BCUT2D eigenvalue weighted by Crippen LogP contribution is 2.36. The molecule has 1 aromatic rings. The summed E-state index contributed by atoms with van der Waals surface area (Å²) in [4.78, 5) is 4.57. The van der Waals surface area contributed by atoms with E-state index in [1.54, 1.807) is 0 Å². The Morgan fingerprint density at radius 3 is 2.95 bits per heavy atom. The molecular weight excluding hydrogens is 238 g/mol. The van der Waals surface area contributed by atoms with Gasteiger partial charge < -0.3 is 10.3 Å². The first-order valence-electron chi connectivity index (χ1n) is 7.81. The number of rotatable bonds is 6. The lowest BCUT2D eigenvalue weighted by molar-refractivity contribution is 0.297. The van der Waals surface area contributed by atoms with E-state index in [0.717, 1.165) is 30.5 Å². The summed E-state index contributed by atoms with van der Waals surface area (Å²) >= 11 is 0. The summed E-state index contributed by atoms with van der Waals surface area (Å²) in [5.74, 6) is 2.97. The van der Waals surface area contributed by atoms with E-state index in [1.165, 1.54) is 32.1 Å². The molecule has 0 bridgehead atoms. The highest BCUT2D eigenvalue weighted by molar-refractivity contribution is 4.99. The van der Waals surface area contributed by atoms with Crippen molar-refractivity contribution in [3.05, 3.63) is 11.7 Å².